The molecule has 1 aromatic heterocycles. The first-order valence-electron chi connectivity index (χ1n) is 7.22. The van der Waals surface area contributed by atoms with E-state index in [9.17, 15) is 0 Å². The van der Waals surface area contributed by atoms with Crippen LogP contribution in [-0.2, 0) is 6.54 Å². The summed E-state index contributed by atoms with van der Waals surface area (Å²) in [7, 11) is 2.10. The second-order valence-corrected chi connectivity index (χ2v) is 5.78. The van der Waals surface area contributed by atoms with Gasteiger partial charge in [0.05, 0.1) is 6.04 Å². The molecule has 0 aliphatic heterocycles. The maximum Gasteiger partial charge on any atom is 0.0500 e. The van der Waals surface area contributed by atoms with E-state index in [4.69, 9.17) is 17.3 Å². The molecule has 0 fully saturated rings. The molecule has 2 N–H and O–H groups in total. The monoisotopic (exact) mass is 303 g/mol. The normalized spacial score (nSPS) is 14.1. The Morgan fingerprint density at radius 3 is 2.57 bits per heavy atom. The molecule has 2 rings (SSSR count). The molecule has 2 unspecified atom stereocenters. The van der Waals surface area contributed by atoms with E-state index in [1.54, 1.807) is 0 Å². The Hall–Kier alpha value is -1.42. The topological polar surface area (TPSA) is 42.1 Å². The fourth-order valence-corrected chi connectivity index (χ4v) is 2.85. The molecule has 4 heteroatoms. The van der Waals surface area contributed by atoms with Crippen LogP contribution in [0.25, 0.3) is 0 Å². The molecule has 3 nitrogen and oxygen atoms in total. The van der Waals surface area contributed by atoms with Crippen LogP contribution < -0.4 is 5.73 Å². The number of benzene rings is 1. The van der Waals surface area contributed by atoms with Crippen LogP contribution in [0.5, 0.6) is 0 Å². The molecule has 1 aromatic carbocycles. The van der Waals surface area contributed by atoms with Crippen LogP contribution in [0.1, 0.15) is 30.5 Å². The van der Waals surface area contributed by atoms with Gasteiger partial charge in [-0.05, 0) is 48.9 Å². The van der Waals surface area contributed by atoms with Crippen molar-refractivity contribution in [2.24, 2.45) is 5.73 Å². The second kappa shape index (κ2) is 7.55. The first kappa shape index (κ1) is 16.0. The lowest BCUT2D eigenvalue weighted by Gasteiger charge is -2.32. The highest BCUT2D eigenvalue weighted by Crippen LogP contribution is 2.25. The number of nitrogens with two attached hydrogens (primary N) is 1. The van der Waals surface area contributed by atoms with E-state index in [0.29, 0.717) is 0 Å². The zero-order valence-corrected chi connectivity index (χ0v) is 13.3. The van der Waals surface area contributed by atoms with E-state index in [2.05, 4.69) is 29.9 Å². The Morgan fingerprint density at radius 1 is 1.24 bits per heavy atom. The molecule has 0 bridgehead atoms. The van der Waals surface area contributed by atoms with Crippen LogP contribution in [0.4, 0.5) is 0 Å². The third-order valence-corrected chi connectivity index (χ3v) is 3.96. The van der Waals surface area contributed by atoms with Crippen molar-refractivity contribution in [3.8, 4) is 0 Å². The number of hydrogen-bond donors (Lipinski definition) is 1. The largest absolute Gasteiger partial charge is 0.326 e. The van der Waals surface area contributed by atoms with Gasteiger partial charge in [0.25, 0.3) is 0 Å². The SMILES string of the molecule is CCC(N)C(c1ccncc1)N(C)Cc1cccc(Cl)c1. The lowest BCUT2D eigenvalue weighted by atomic mass is 9.97. The molecule has 0 amide bonds. The van der Waals surface area contributed by atoms with Gasteiger partial charge in [-0.15, -0.1) is 0 Å². The lowest BCUT2D eigenvalue weighted by Crippen LogP contribution is -2.38. The van der Waals surface area contributed by atoms with E-state index < -0.39 is 0 Å². The number of rotatable bonds is 6. The van der Waals surface area contributed by atoms with E-state index in [0.717, 1.165) is 18.0 Å². The second-order valence-electron chi connectivity index (χ2n) is 5.34. The minimum absolute atomic E-state index is 0.0802. The molecule has 2 atom stereocenters. The molecular formula is C17H22ClN3. The molecule has 0 aliphatic carbocycles. The summed E-state index contributed by atoms with van der Waals surface area (Å²) < 4.78 is 0. The standard InChI is InChI=1S/C17H22ClN3/c1-3-16(19)17(14-7-9-20-10-8-14)21(2)12-13-5-4-6-15(18)11-13/h4-11,16-17H,3,12,19H2,1-2H3. The third-order valence-electron chi connectivity index (χ3n) is 3.72. The third kappa shape index (κ3) is 4.27. The number of hydrogen-bond acceptors (Lipinski definition) is 3. The van der Waals surface area contributed by atoms with Crippen LogP contribution in [0.2, 0.25) is 5.02 Å². The molecule has 112 valence electrons. The van der Waals surface area contributed by atoms with Gasteiger partial charge in [0.1, 0.15) is 0 Å². The zero-order chi connectivity index (χ0) is 15.2. The summed E-state index contributed by atoms with van der Waals surface area (Å²) in [4.78, 5) is 6.36. The minimum atomic E-state index is 0.0802. The molecule has 21 heavy (non-hydrogen) atoms. The van der Waals surface area contributed by atoms with Gasteiger partial charge in [-0.3, -0.25) is 9.88 Å². The fraction of sp³-hybridized carbons (Fsp3) is 0.353. The predicted octanol–water partition coefficient (Wildman–Crippen LogP) is 3.65. The van der Waals surface area contributed by atoms with Gasteiger partial charge in [-0.1, -0.05) is 30.7 Å². The summed E-state index contributed by atoms with van der Waals surface area (Å²) in [6.07, 6.45) is 4.56. The van der Waals surface area contributed by atoms with Crippen molar-refractivity contribution in [3.63, 3.8) is 0 Å². The number of nitrogens with zero attached hydrogens (tertiary/aromatic N) is 2. The quantitative estimate of drug-likeness (QED) is 0.886. The number of halogens is 1. The van der Waals surface area contributed by atoms with E-state index >= 15 is 0 Å². The van der Waals surface area contributed by atoms with Crippen LogP contribution in [0.3, 0.4) is 0 Å². The van der Waals surface area contributed by atoms with Gasteiger partial charge in [-0.25, -0.2) is 0 Å². The Kier molecular flexibility index (Phi) is 5.74. The van der Waals surface area contributed by atoms with Gasteiger partial charge >= 0.3 is 0 Å². The summed E-state index contributed by atoms with van der Waals surface area (Å²) in [5.41, 5.74) is 8.73. The maximum atomic E-state index is 6.35. The number of pyridine rings is 1. The van der Waals surface area contributed by atoms with E-state index in [-0.39, 0.29) is 12.1 Å². The smallest absolute Gasteiger partial charge is 0.0500 e. The molecule has 0 radical (unpaired) electrons. The molecule has 0 aliphatic rings. The summed E-state index contributed by atoms with van der Waals surface area (Å²) >= 11 is 6.06. The van der Waals surface area contributed by atoms with E-state index in [1.807, 2.05) is 42.7 Å². The van der Waals surface area contributed by atoms with Crippen LogP contribution in [0, 0.1) is 0 Å². The molecule has 2 aromatic rings. The van der Waals surface area contributed by atoms with Crippen molar-refractivity contribution in [1.82, 2.24) is 9.88 Å². The lowest BCUT2D eigenvalue weighted by molar-refractivity contribution is 0.201. The zero-order valence-electron chi connectivity index (χ0n) is 12.5. The van der Waals surface area contributed by atoms with Crippen LogP contribution >= 0.6 is 11.6 Å². The summed E-state index contributed by atoms with van der Waals surface area (Å²) in [5, 5.41) is 0.765. The minimum Gasteiger partial charge on any atom is -0.326 e. The van der Waals surface area contributed by atoms with Gasteiger partial charge in [0, 0.05) is 30.0 Å². The van der Waals surface area contributed by atoms with Crippen LogP contribution in [0.15, 0.2) is 48.8 Å². The van der Waals surface area contributed by atoms with E-state index in [1.165, 1.54) is 11.1 Å². The van der Waals surface area contributed by atoms with Crippen molar-refractivity contribution >= 4 is 11.6 Å². The fourth-order valence-electron chi connectivity index (χ4n) is 2.63. The summed E-state index contributed by atoms with van der Waals surface area (Å²) in [6, 6.07) is 12.3. The summed E-state index contributed by atoms with van der Waals surface area (Å²) in [5.74, 6) is 0. The molecule has 0 spiro atoms. The number of likely N-dealkylation sites (N-methyl/N-ethyl adjacent to an activating group) is 1. The van der Waals surface area contributed by atoms with Crippen molar-refractivity contribution in [3.05, 3.63) is 64.9 Å². The first-order valence-corrected chi connectivity index (χ1v) is 7.59. The average molecular weight is 304 g/mol. The summed E-state index contributed by atoms with van der Waals surface area (Å²) in [6.45, 7) is 2.92. The highest BCUT2D eigenvalue weighted by molar-refractivity contribution is 6.30. The Morgan fingerprint density at radius 2 is 1.95 bits per heavy atom. The van der Waals surface area contributed by atoms with Gasteiger partial charge in [-0.2, -0.15) is 0 Å². The predicted molar refractivity (Wildman–Crippen MR) is 88.2 cm³/mol. The molecular weight excluding hydrogens is 282 g/mol. The molecule has 1 heterocycles. The Balaban J connectivity index is 2.20. The van der Waals surface area contributed by atoms with Crippen molar-refractivity contribution in [2.45, 2.75) is 32.0 Å². The van der Waals surface area contributed by atoms with Crippen molar-refractivity contribution in [2.75, 3.05) is 7.05 Å². The number of aromatic nitrogens is 1. The Bertz CT molecular complexity index is 559. The first-order chi connectivity index (χ1) is 10.1. The van der Waals surface area contributed by atoms with Crippen LogP contribution in [-0.4, -0.2) is 23.0 Å². The Labute approximate surface area is 131 Å². The van der Waals surface area contributed by atoms with Crippen molar-refractivity contribution < 1.29 is 0 Å². The highest BCUT2D eigenvalue weighted by atomic mass is 35.5. The average Bonchev–Trinajstić information content (AvgIpc) is 2.48. The van der Waals surface area contributed by atoms with Gasteiger partial charge in [0.15, 0.2) is 0 Å². The van der Waals surface area contributed by atoms with Crippen molar-refractivity contribution in [1.29, 1.82) is 0 Å². The highest BCUT2D eigenvalue weighted by Gasteiger charge is 2.23. The maximum absolute atomic E-state index is 6.35. The molecule has 0 saturated heterocycles. The molecule has 0 saturated carbocycles. The van der Waals surface area contributed by atoms with Gasteiger partial charge in [0.2, 0.25) is 0 Å². The van der Waals surface area contributed by atoms with Gasteiger partial charge < -0.3 is 5.73 Å².